The Morgan fingerprint density at radius 1 is 0.889 bits per heavy atom. The predicted molar refractivity (Wildman–Crippen MR) is 84.8 cm³/mol. The van der Waals surface area contributed by atoms with Gasteiger partial charge in [-0.25, -0.2) is 0 Å². The molecule has 1 aromatic heterocycles. The smallest absolute Gasteiger partial charge is 0.0474 e. The van der Waals surface area contributed by atoms with Gasteiger partial charge >= 0.3 is 0 Å². The first-order valence-corrected chi connectivity index (χ1v) is 8.60. The highest BCUT2D eigenvalue weighted by Gasteiger charge is 2.06. The topological polar surface area (TPSA) is 3.24 Å². The average molecular weight is 267 g/mol. The number of nitrogens with zero attached hydrogens (tertiary/aromatic N) is 1. The monoisotopic (exact) mass is 267 g/mol. The van der Waals surface area contributed by atoms with E-state index in [1.165, 1.54) is 70.1 Å². The lowest BCUT2D eigenvalue weighted by molar-refractivity contribution is 0.609. The second kappa shape index (κ2) is 10.4. The molecule has 0 fully saturated rings. The van der Waals surface area contributed by atoms with E-state index in [4.69, 9.17) is 0 Å². The van der Waals surface area contributed by atoms with Crippen LogP contribution < -0.4 is 4.90 Å². The van der Waals surface area contributed by atoms with E-state index < -0.39 is 0 Å². The van der Waals surface area contributed by atoms with Crippen LogP contribution >= 0.6 is 11.3 Å². The van der Waals surface area contributed by atoms with Crippen molar-refractivity contribution in [3.05, 3.63) is 16.8 Å². The number of hydrogen-bond acceptors (Lipinski definition) is 2. The molecule has 18 heavy (non-hydrogen) atoms. The van der Waals surface area contributed by atoms with Crippen molar-refractivity contribution in [2.75, 3.05) is 18.0 Å². The molecule has 0 saturated carbocycles. The molecule has 0 bridgehead atoms. The minimum Gasteiger partial charge on any atom is -0.371 e. The zero-order valence-electron chi connectivity index (χ0n) is 12.2. The van der Waals surface area contributed by atoms with Crippen molar-refractivity contribution in [1.82, 2.24) is 0 Å². The van der Waals surface area contributed by atoms with Gasteiger partial charge in [0.2, 0.25) is 0 Å². The van der Waals surface area contributed by atoms with Crippen molar-refractivity contribution in [2.45, 2.75) is 65.2 Å². The molecule has 0 N–H and O–H groups in total. The third-order valence-electron chi connectivity index (χ3n) is 3.43. The van der Waals surface area contributed by atoms with E-state index in [1.54, 1.807) is 0 Å². The summed E-state index contributed by atoms with van der Waals surface area (Å²) in [5.41, 5.74) is 1.44. The van der Waals surface area contributed by atoms with Crippen LogP contribution in [-0.2, 0) is 0 Å². The zero-order valence-corrected chi connectivity index (χ0v) is 13.0. The van der Waals surface area contributed by atoms with Gasteiger partial charge < -0.3 is 4.90 Å². The van der Waals surface area contributed by atoms with Gasteiger partial charge in [0.25, 0.3) is 0 Å². The first-order chi connectivity index (χ1) is 8.88. The fourth-order valence-electron chi connectivity index (χ4n) is 2.27. The minimum atomic E-state index is 1.24. The molecule has 1 nitrogen and oxygen atoms in total. The molecule has 0 aliphatic carbocycles. The van der Waals surface area contributed by atoms with E-state index in [1.807, 2.05) is 11.3 Å². The Morgan fingerprint density at radius 2 is 1.50 bits per heavy atom. The van der Waals surface area contributed by atoms with E-state index in [9.17, 15) is 0 Å². The van der Waals surface area contributed by atoms with Crippen LogP contribution in [-0.4, -0.2) is 13.1 Å². The van der Waals surface area contributed by atoms with E-state index >= 15 is 0 Å². The first kappa shape index (κ1) is 15.6. The summed E-state index contributed by atoms with van der Waals surface area (Å²) in [6.45, 7) is 7.04. The molecular formula is C16H29NS. The van der Waals surface area contributed by atoms with Gasteiger partial charge in [-0.15, -0.1) is 0 Å². The van der Waals surface area contributed by atoms with Gasteiger partial charge in [0.15, 0.2) is 0 Å². The van der Waals surface area contributed by atoms with Crippen molar-refractivity contribution in [2.24, 2.45) is 0 Å². The summed E-state index contributed by atoms with van der Waals surface area (Å²) >= 11 is 1.81. The SMILES string of the molecule is CCCCCCN(CCCCCC)c1ccsc1. The Balaban J connectivity index is 2.29. The highest BCUT2D eigenvalue weighted by atomic mass is 32.1. The molecule has 0 amide bonds. The lowest BCUT2D eigenvalue weighted by atomic mass is 10.1. The maximum Gasteiger partial charge on any atom is 0.0474 e. The normalized spacial score (nSPS) is 10.8. The van der Waals surface area contributed by atoms with Crippen LogP contribution in [0.4, 0.5) is 5.69 Å². The van der Waals surface area contributed by atoms with E-state index in [0.29, 0.717) is 0 Å². The molecule has 1 rings (SSSR count). The molecule has 2 heteroatoms. The van der Waals surface area contributed by atoms with Crippen molar-refractivity contribution >= 4 is 17.0 Å². The van der Waals surface area contributed by atoms with Crippen molar-refractivity contribution in [3.8, 4) is 0 Å². The van der Waals surface area contributed by atoms with Crippen LogP contribution in [0.1, 0.15) is 65.2 Å². The van der Waals surface area contributed by atoms with Crippen LogP contribution in [0.15, 0.2) is 16.8 Å². The van der Waals surface area contributed by atoms with Crippen LogP contribution in [0.25, 0.3) is 0 Å². The third kappa shape index (κ3) is 6.44. The predicted octanol–water partition coefficient (Wildman–Crippen LogP) is 5.72. The lowest BCUT2D eigenvalue weighted by Crippen LogP contribution is -2.25. The number of rotatable bonds is 11. The fourth-order valence-corrected chi connectivity index (χ4v) is 2.93. The van der Waals surface area contributed by atoms with E-state index in [-0.39, 0.29) is 0 Å². The summed E-state index contributed by atoms with van der Waals surface area (Å²) in [6.07, 6.45) is 10.9. The van der Waals surface area contributed by atoms with Crippen LogP contribution in [0.2, 0.25) is 0 Å². The number of anilines is 1. The standard InChI is InChI=1S/C16H29NS/c1-3-5-7-9-12-17(13-10-8-6-4-2)16-11-14-18-15-16/h11,14-15H,3-10,12-13H2,1-2H3. The molecule has 1 heterocycles. The Morgan fingerprint density at radius 3 is 1.94 bits per heavy atom. The maximum atomic E-state index is 2.59. The molecule has 0 aliphatic heterocycles. The first-order valence-electron chi connectivity index (χ1n) is 7.65. The van der Waals surface area contributed by atoms with Crippen molar-refractivity contribution in [3.63, 3.8) is 0 Å². The number of hydrogen-bond donors (Lipinski definition) is 0. The summed E-state index contributed by atoms with van der Waals surface area (Å²) < 4.78 is 0. The molecule has 0 aliphatic rings. The van der Waals surface area contributed by atoms with Crippen LogP contribution in [0.5, 0.6) is 0 Å². The summed E-state index contributed by atoms with van der Waals surface area (Å²) in [5, 5.41) is 4.49. The Labute approximate surface area is 117 Å². The van der Waals surface area contributed by atoms with Gasteiger partial charge in [0, 0.05) is 24.2 Å². The summed E-state index contributed by atoms with van der Waals surface area (Å²) in [4.78, 5) is 2.59. The highest BCUT2D eigenvalue weighted by molar-refractivity contribution is 7.08. The molecule has 0 saturated heterocycles. The quantitative estimate of drug-likeness (QED) is 0.464. The lowest BCUT2D eigenvalue weighted by Gasteiger charge is -2.23. The van der Waals surface area contributed by atoms with E-state index in [2.05, 4.69) is 35.6 Å². The summed E-state index contributed by atoms with van der Waals surface area (Å²) in [6, 6.07) is 2.27. The molecule has 0 unspecified atom stereocenters. The van der Waals surface area contributed by atoms with Crippen LogP contribution in [0, 0.1) is 0 Å². The van der Waals surface area contributed by atoms with Gasteiger partial charge in [-0.3, -0.25) is 0 Å². The molecule has 0 aromatic carbocycles. The van der Waals surface area contributed by atoms with Gasteiger partial charge in [-0.2, -0.15) is 11.3 Å². The van der Waals surface area contributed by atoms with E-state index in [0.717, 1.165) is 0 Å². The van der Waals surface area contributed by atoms with Crippen molar-refractivity contribution < 1.29 is 0 Å². The van der Waals surface area contributed by atoms with Gasteiger partial charge in [0.05, 0.1) is 0 Å². The highest BCUT2D eigenvalue weighted by Crippen LogP contribution is 2.19. The summed E-state index contributed by atoms with van der Waals surface area (Å²) in [5.74, 6) is 0. The second-order valence-corrected chi connectivity index (χ2v) is 5.87. The fraction of sp³-hybridized carbons (Fsp3) is 0.750. The van der Waals surface area contributed by atoms with Crippen LogP contribution in [0.3, 0.4) is 0 Å². The summed E-state index contributed by atoms with van der Waals surface area (Å²) in [7, 11) is 0. The van der Waals surface area contributed by atoms with Gasteiger partial charge in [-0.05, 0) is 24.3 Å². The molecule has 104 valence electrons. The number of unbranched alkanes of at least 4 members (excludes halogenated alkanes) is 6. The number of thiophene rings is 1. The largest absolute Gasteiger partial charge is 0.371 e. The Hall–Kier alpha value is -0.500. The molecule has 0 radical (unpaired) electrons. The zero-order chi connectivity index (χ0) is 13.1. The molecule has 0 spiro atoms. The van der Waals surface area contributed by atoms with Gasteiger partial charge in [-0.1, -0.05) is 52.4 Å². The average Bonchev–Trinajstić information content (AvgIpc) is 2.91. The molecule has 0 atom stereocenters. The Kier molecular flexibility index (Phi) is 9.01. The second-order valence-electron chi connectivity index (χ2n) is 5.09. The molecule has 1 aromatic rings. The maximum absolute atomic E-state index is 2.59. The van der Waals surface area contributed by atoms with Crippen molar-refractivity contribution in [1.29, 1.82) is 0 Å². The Bertz CT molecular complexity index is 257. The minimum absolute atomic E-state index is 1.24. The molecular weight excluding hydrogens is 238 g/mol. The van der Waals surface area contributed by atoms with Gasteiger partial charge in [0.1, 0.15) is 0 Å². The third-order valence-corrected chi connectivity index (χ3v) is 4.11.